The van der Waals surface area contributed by atoms with E-state index in [0.29, 0.717) is 0 Å². The van der Waals surface area contributed by atoms with Gasteiger partial charge in [-0.2, -0.15) is 0 Å². The molecule has 0 N–H and O–H groups in total. The van der Waals surface area contributed by atoms with Gasteiger partial charge in [-0.3, -0.25) is 0 Å². The smallest absolute Gasteiger partial charge is 0.399 e. The Morgan fingerprint density at radius 3 is 0.786 bits per heavy atom. The zero-order valence-corrected chi connectivity index (χ0v) is 73.5. The van der Waals surface area contributed by atoms with Gasteiger partial charge in [-0.25, -0.2) is 9.97 Å². The number of hydrogen-bond acceptors (Lipinski definition) is 4. The van der Waals surface area contributed by atoms with Crippen molar-refractivity contribution in [2.45, 2.75) is 46.3 Å². The van der Waals surface area contributed by atoms with Gasteiger partial charge in [0.2, 0.25) is 0 Å². The minimum atomic E-state index is -0.422. The molecule has 131 heavy (non-hydrogen) atoms. The van der Waals surface area contributed by atoms with E-state index >= 15 is 0 Å². The lowest BCUT2D eigenvalue weighted by Gasteiger charge is -2.32. The molecule has 0 amide bonds. The average Bonchev–Trinajstić information content (AvgIpc) is 1.68. The first-order valence-electron chi connectivity index (χ1n) is 44.6. The van der Waals surface area contributed by atoms with Gasteiger partial charge in [0, 0.05) is 114 Å². The molecule has 20 aromatic carbocycles. The number of para-hydroxylation sites is 10. The monoisotopic (exact) mass is 1740 g/mol. The van der Waals surface area contributed by atoms with Crippen LogP contribution in [0.25, 0.3) is 230 Å². The summed E-state index contributed by atoms with van der Waals surface area (Å²) in [5.41, 5.74) is 22.7. The van der Waals surface area contributed by atoms with E-state index in [1.807, 2.05) is 0 Å². The number of halogens is 1. The molecule has 6 aromatic heterocycles. The largest absolute Gasteiger partial charge is 0.494 e. The van der Waals surface area contributed by atoms with E-state index in [4.69, 9.17) is 19.3 Å². The molecule has 1 saturated heterocycles. The van der Waals surface area contributed by atoms with Crippen molar-refractivity contribution in [3.05, 3.63) is 429 Å². The second-order valence-corrected chi connectivity index (χ2v) is 36.2. The maximum atomic E-state index is 6.38. The second kappa shape index (κ2) is 31.2. The van der Waals surface area contributed by atoms with Crippen LogP contribution in [0.15, 0.2) is 429 Å². The molecule has 0 unspecified atom stereocenters. The third-order valence-corrected chi connectivity index (χ3v) is 27.9. The van der Waals surface area contributed by atoms with E-state index in [1.165, 1.54) is 163 Å². The molecule has 0 atom stereocenters. The molecule has 27 rings (SSSR count). The first-order valence-corrected chi connectivity index (χ1v) is 45.4. The van der Waals surface area contributed by atoms with Crippen LogP contribution in [0.4, 0.5) is 0 Å². The quantitative estimate of drug-likeness (QED) is 0.112. The molecule has 26 aromatic rings. The van der Waals surface area contributed by atoms with E-state index in [1.54, 1.807) is 0 Å². The Morgan fingerprint density at radius 2 is 0.466 bits per heavy atom. The summed E-state index contributed by atoms with van der Waals surface area (Å²) in [4.78, 5) is 10.8. The molecule has 622 valence electrons. The number of rotatable bonds is 8. The molecule has 0 aliphatic carbocycles. The van der Waals surface area contributed by atoms with Crippen molar-refractivity contribution in [2.75, 3.05) is 0 Å². The van der Waals surface area contributed by atoms with Gasteiger partial charge in [0.25, 0.3) is 0 Å². The van der Waals surface area contributed by atoms with Crippen molar-refractivity contribution in [3.63, 3.8) is 0 Å². The Kier molecular flexibility index (Phi) is 18.8. The van der Waals surface area contributed by atoms with Crippen molar-refractivity contribution in [1.29, 1.82) is 0 Å². The summed E-state index contributed by atoms with van der Waals surface area (Å²) in [7, 11) is -0.422. The van der Waals surface area contributed by atoms with Crippen LogP contribution >= 0.6 is 15.9 Å². The summed E-state index contributed by atoms with van der Waals surface area (Å²) in [5.74, 6) is 0. The summed E-state index contributed by atoms with van der Waals surface area (Å²) >= 11 is 3.81. The zero-order chi connectivity index (χ0) is 86.6. The third-order valence-electron chi connectivity index (χ3n) is 27.4. The number of benzene rings is 20. The van der Waals surface area contributed by atoms with Gasteiger partial charge in [0.15, 0.2) is 0 Å². The predicted octanol–water partition coefficient (Wildman–Crippen LogP) is 32.2. The fourth-order valence-corrected chi connectivity index (χ4v) is 21.4. The fourth-order valence-electron chi connectivity index (χ4n) is 21.0. The Bertz CT molecular complexity index is 8720. The lowest BCUT2D eigenvalue weighted by Crippen LogP contribution is -2.41. The molecule has 8 nitrogen and oxygen atoms in total. The topological polar surface area (TPSA) is 64.0 Å². The highest BCUT2D eigenvalue weighted by molar-refractivity contribution is 9.10. The van der Waals surface area contributed by atoms with E-state index in [-0.39, 0.29) is 7.43 Å². The summed E-state index contributed by atoms with van der Waals surface area (Å²) in [6, 6.07) is 153. The van der Waals surface area contributed by atoms with E-state index in [0.717, 1.165) is 77.4 Å². The third kappa shape index (κ3) is 12.7. The maximum Gasteiger partial charge on any atom is 0.494 e. The first-order chi connectivity index (χ1) is 63.9. The summed E-state index contributed by atoms with van der Waals surface area (Å²) < 4.78 is 23.4. The van der Waals surface area contributed by atoms with Crippen LogP contribution in [0.1, 0.15) is 35.1 Å². The molecule has 1 aliphatic heterocycles. The van der Waals surface area contributed by atoms with Gasteiger partial charge in [-0.05, 0) is 191 Å². The zero-order valence-electron chi connectivity index (χ0n) is 71.9. The first kappa shape index (κ1) is 78.9. The molecule has 10 heteroatoms. The van der Waals surface area contributed by atoms with Crippen molar-refractivity contribution in [3.8, 4) is 56.4 Å². The van der Waals surface area contributed by atoms with Gasteiger partial charge in [-0.15, -0.1) is 0 Å². The lowest BCUT2D eigenvalue weighted by atomic mass is 9.78. The highest BCUT2D eigenvalue weighted by Crippen LogP contribution is 2.48. The van der Waals surface area contributed by atoms with Gasteiger partial charge in [0.1, 0.15) is 0 Å². The van der Waals surface area contributed by atoms with Crippen LogP contribution in [-0.2, 0) is 9.31 Å². The van der Waals surface area contributed by atoms with Gasteiger partial charge in [0.05, 0.1) is 77.8 Å². The van der Waals surface area contributed by atoms with E-state index in [9.17, 15) is 0 Å². The summed E-state index contributed by atoms with van der Waals surface area (Å²) in [5, 5.41) is 27.2. The highest BCUT2D eigenvalue weighted by atomic mass is 79.9. The maximum absolute atomic E-state index is 6.38. The van der Waals surface area contributed by atoms with Crippen LogP contribution in [-0.4, -0.2) is 46.6 Å². The molecule has 1 aliphatic rings. The van der Waals surface area contributed by atoms with Gasteiger partial charge < -0.3 is 27.6 Å². The van der Waals surface area contributed by atoms with E-state index < -0.39 is 18.3 Å². The lowest BCUT2D eigenvalue weighted by molar-refractivity contribution is 0.00578. The number of nitrogens with zero attached hydrogens (tertiary/aromatic N) is 6. The minimum Gasteiger partial charge on any atom is -0.399 e. The Labute approximate surface area is 766 Å². The minimum absolute atomic E-state index is 0. The molecule has 7 heterocycles. The van der Waals surface area contributed by atoms with Crippen molar-refractivity contribution >= 4 is 202 Å². The van der Waals surface area contributed by atoms with Gasteiger partial charge >= 0.3 is 7.12 Å². The predicted molar refractivity (Wildman–Crippen MR) is 559 cm³/mol. The van der Waals surface area contributed by atoms with Crippen LogP contribution < -0.4 is 5.46 Å². The summed E-state index contributed by atoms with van der Waals surface area (Å²) in [6.45, 7) is 8.36. The normalized spacial score (nSPS) is 13.2. The fraction of sp³-hybridized carbons (Fsp3) is 0.0579. The van der Waals surface area contributed by atoms with Crippen molar-refractivity contribution in [1.82, 2.24) is 28.2 Å². The Hall–Kier alpha value is -15.6. The Morgan fingerprint density at radius 1 is 0.221 bits per heavy atom. The number of pyridine rings is 2. The summed E-state index contributed by atoms with van der Waals surface area (Å²) in [6.07, 6.45) is 0. The van der Waals surface area contributed by atoms with Crippen LogP contribution in [0.2, 0.25) is 0 Å². The SMILES string of the molecule is Brc1cc(-n2c3ccccc3c3ccccc32)cc(-n2c3ccccc3c3ccccc32)c1.C.CC1(C)OB(c2cccc(-c3nc4ccccc4c4c5ccccc5c5ccccc5c34)c2)OC1(C)C.c1cc(-c2cc(-n3c4ccccc4c4ccccc43)cc(-n3c4ccccc4c4ccccc43)c2)cc(-c2nc3ccccc3c3c4ccccc4c4ccccc4c23)c1. The van der Waals surface area contributed by atoms with Crippen LogP contribution in [0.5, 0.6) is 0 Å². The molecule has 0 spiro atoms. The number of fused-ring (bicyclic) bond motifs is 28. The van der Waals surface area contributed by atoms with Crippen molar-refractivity contribution < 1.29 is 9.31 Å². The standard InChI is InChI=1S/C57H35N3.C33H28BNO2.C30H19BrN2.CH4/c1-3-24-47-41(18-1)42-19-2-4-25-48(42)56-55(47)49-26-5-10-27-50(49)58-57(56)37-17-15-16-36(32-37)38-33-39(59-51-28-11-6-20-43(51)44-21-7-12-29-52(44)59)35-40(34-38)60-53-30-13-8-22-45(53)46-23-9-14-31-54(46)60;1-32(2)33(3,4)37-34(36-32)22-13-11-12-21(20-22)31-30-26-17-8-6-15-24(26)23-14-5-7-16-25(23)29(30)27-18-9-10-19-28(27)35-31;31-20-17-21(32-27-13-5-1-9-23(27)24-10-2-6-14-28(24)32)19-22(18-20)33-29-15-7-3-11-25(29)26-12-4-8-16-30(26)33;/h1-35H;5-20H,1-4H3;1-19H;1H4. The molecule has 0 saturated carbocycles. The molecular formula is C121H86BBrN6O2. The van der Waals surface area contributed by atoms with Crippen molar-refractivity contribution in [2.24, 2.45) is 0 Å². The second-order valence-electron chi connectivity index (χ2n) is 35.3. The Balaban J connectivity index is 0.000000115. The van der Waals surface area contributed by atoms with Crippen LogP contribution in [0.3, 0.4) is 0 Å². The van der Waals surface area contributed by atoms with Crippen LogP contribution in [0, 0.1) is 0 Å². The highest BCUT2D eigenvalue weighted by Gasteiger charge is 2.52. The molecular weight excluding hydrogens is 1660 g/mol. The number of aromatic nitrogens is 6. The average molecular weight is 1750 g/mol. The molecule has 1 fully saturated rings. The van der Waals surface area contributed by atoms with E-state index in [2.05, 4.69) is 487 Å². The molecule has 0 bridgehead atoms. The van der Waals surface area contributed by atoms with Gasteiger partial charge in [-0.1, -0.05) is 345 Å². The number of hydrogen-bond donors (Lipinski definition) is 0. The molecule has 0 radical (unpaired) electrons.